The van der Waals surface area contributed by atoms with Crippen LogP contribution in [0.1, 0.15) is 6.42 Å². The van der Waals surface area contributed by atoms with Crippen LogP contribution in [0.2, 0.25) is 0 Å². The van der Waals surface area contributed by atoms with Crippen LogP contribution in [0.3, 0.4) is 0 Å². The predicted molar refractivity (Wildman–Crippen MR) is 63.0 cm³/mol. The number of nitrogens with zero attached hydrogens (tertiary/aromatic N) is 1. The zero-order valence-electron chi connectivity index (χ0n) is 9.70. The number of sulfonamides is 1. The van der Waals surface area contributed by atoms with Crippen molar-refractivity contribution in [3.63, 3.8) is 0 Å². The van der Waals surface area contributed by atoms with E-state index >= 15 is 0 Å². The van der Waals surface area contributed by atoms with Gasteiger partial charge in [0.15, 0.2) is 0 Å². The number of nitrogens with one attached hydrogen (secondary N) is 1. The second-order valence-electron chi connectivity index (χ2n) is 4.18. The van der Waals surface area contributed by atoms with Crippen molar-refractivity contribution in [3.05, 3.63) is 11.6 Å². The number of carbonyl (C=O) groups is 1. The van der Waals surface area contributed by atoms with Gasteiger partial charge in [-0.2, -0.15) is 13.2 Å². The first kappa shape index (κ1) is 16.3. The Kier molecular flexibility index (Phi) is 4.86. The summed E-state index contributed by atoms with van der Waals surface area (Å²) in [6.45, 7) is 1.52. The van der Waals surface area contributed by atoms with Crippen LogP contribution in [0.25, 0.3) is 0 Å². The molecule has 1 saturated heterocycles. The van der Waals surface area contributed by atoms with Crippen LogP contribution >= 0.6 is 11.6 Å². The summed E-state index contributed by atoms with van der Waals surface area (Å²) >= 11 is 5.35. The molecule has 1 rings (SSSR count). The Balaban J connectivity index is 2.60. The average molecular weight is 321 g/mol. The number of likely N-dealkylation sites (tertiary alicyclic amines) is 1. The molecule has 0 aromatic carbocycles. The molecule has 1 atom stereocenters. The van der Waals surface area contributed by atoms with Crippen molar-refractivity contribution < 1.29 is 26.4 Å². The van der Waals surface area contributed by atoms with E-state index in [2.05, 4.69) is 11.3 Å². The number of amides is 1. The molecule has 1 amide bonds. The Morgan fingerprint density at radius 2 is 2.11 bits per heavy atom. The highest BCUT2D eigenvalue weighted by atomic mass is 35.5. The minimum absolute atomic E-state index is 0.121. The molecular formula is C9H12ClF3N2O3S. The summed E-state index contributed by atoms with van der Waals surface area (Å²) in [5.41, 5.74) is 0. The van der Waals surface area contributed by atoms with E-state index in [1.165, 1.54) is 0 Å². The van der Waals surface area contributed by atoms with Crippen LogP contribution in [-0.4, -0.2) is 50.3 Å². The Morgan fingerprint density at radius 1 is 1.53 bits per heavy atom. The van der Waals surface area contributed by atoms with Gasteiger partial charge in [-0.05, 0) is 0 Å². The lowest BCUT2D eigenvalue weighted by atomic mass is 10.3. The van der Waals surface area contributed by atoms with E-state index < -0.39 is 40.4 Å². The van der Waals surface area contributed by atoms with Gasteiger partial charge in [0, 0.05) is 24.0 Å². The number of halogens is 4. The lowest BCUT2D eigenvalue weighted by Crippen LogP contribution is -2.40. The first-order valence-corrected chi connectivity index (χ1v) is 7.19. The second-order valence-corrected chi connectivity index (χ2v) is 6.47. The molecule has 110 valence electrons. The third-order valence-electron chi connectivity index (χ3n) is 2.28. The molecule has 0 bridgehead atoms. The van der Waals surface area contributed by atoms with Gasteiger partial charge in [0.25, 0.3) is 0 Å². The first-order valence-electron chi connectivity index (χ1n) is 5.16. The van der Waals surface area contributed by atoms with Crippen molar-refractivity contribution in [2.75, 3.05) is 18.8 Å². The van der Waals surface area contributed by atoms with Crippen LogP contribution in [-0.2, 0) is 14.8 Å². The minimum Gasteiger partial charge on any atom is -0.332 e. The number of rotatable bonds is 5. The summed E-state index contributed by atoms with van der Waals surface area (Å²) in [6.07, 6.45) is -4.81. The molecule has 10 heteroatoms. The number of hydrogen-bond donors (Lipinski definition) is 1. The fourth-order valence-corrected chi connectivity index (χ4v) is 3.31. The Labute approximate surface area is 113 Å². The summed E-state index contributed by atoms with van der Waals surface area (Å²) in [6, 6.07) is -0.879. The Hall–Kier alpha value is -0.800. The lowest BCUT2D eigenvalue weighted by molar-refractivity contribution is -0.157. The summed E-state index contributed by atoms with van der Waals surface area (Å²) in [7, 11) is -3.80. The highest BCUT2D eigenvalue weighted by Crippen LogP contribution is 2.21. The third kappa shape index (κ3) is 5.79. The molecule has 1 fully saturated rings. The molecule has 1 heterocycles. The van der Waals surface area contributed by atoms with E-state index in [-0.39, 0.29) is 18.0 Å². The predicted octanol–water partition coefficient (Wildman–Crippen LogP) is 0.821. The van der Waals surface area contributed by atoms with Crippen LogP contribution < -0.4 is 4.72 Å². The smallest absolute Gasteiger partial charge is 0.332 e. The maximum atomic E-state index is 12.2. The quantitative estimate of drug-likeness (QED) is 0.815. The maximum absolute atomic E-state index is 12.2. The van der Waals surface area contributed by atoms with Gasteiger partial charge in [-0.25, -0.2) is 13.1 Å². The van der Waals surface area contributed by atoms with Gasteiger partial charge in [-0.3, -0.25) is 4.79 Å². The van der Waals surface area contributed by atoms with Crippen molar-refractivity contribution in [3.8, 4) is 0 Å². The van der Waals surface area contributed by atoms with E-state index in [0.29, 0.717) is 4.90 Å². The molecule has 0 aromatic rings. The molecule has 1 N–H and O–H groups in total. The molecule has 0 spiro atoms. The SMILES string of the molecule is C=C(Cl)CS(=O)(=O)N[C@H]1CC(=O)N(CC(F)(F)F)C1. The zero-order chi connectivity index (χ0) is 14.8. The standard InChI is InChI=1S/C9H12ClF3N2O3S/c1-6(10)4-19(17,18)14-7-2-8(16)15(3-7)5-9(11,12)13/h7,14H,1-5H2/t7-/m0/s1. The maximum Gasteiger partial charge on any atom is 0.406 e. The number of hydrogen-bond acceptors (Lipinski definition) is 3. The summed E-state index contributed by atoms with van der Waals surface area (Å²) in [5.74, 6) is -1.28. The van der Waals surface area contributed by atoms with Crippen LogP contribution in [0, 0.1) is 0 Å². The van der Waals surface area contributed by atoms with Crippen molar-refractivity contribution in [2.45, 2.75) is 18.6 Å². The van der Waals surface area contributed by atoms with Gasteiger partial charge in [0.05, 0.1) is 5.75 Å². The minimum atomic E-state index is -4.51. The Morgan fingerprint density at radius 3 is 2.58 bits per heavy atom. The molecule has 0 radical (unpaired) electrons. The first-order chi connectivity index (χ1) is 8.48. The van der Waals surface area contributed by atoms with Crippen molar-refractivity contribution >= 4 is 27.5 Å². The fraction of sp³-hybridized carbons (Fsp3) is 0.667. The van der Waals surface area contributed by atoms with E-state index in [1.807, 2.05) is 0 Å². The molecule has 5 nitrogen and oxygen atoms in total. The van der Waals surface area contributed by atoms with E-state index in [1.54, 1.807) is 0 Å². The van der Waals surface area contributed by atoms with Crippen molar-refractivity contribution in [1.82, 2.24) is 9.62 Å². The van der Waals surface area contributed by atoms with E-state index in [4.69, 9.17) is 11.6 Å². The second kappa shape index (κ2) is 5.68. The largest absolute Gasteiger partial charge is 0.406 e. The molecule has 0 aliphatic carbocycles. The summed E-state index contributed by atoms with van der Waals surface area (Å²) in [4.78, 5) is 11.9. The number of alkyl halides is 3. The molecule has 19 heavy (non-hydrogen) atoms. The van der Waals surface area contributed by atoms with Gasteiger partial charge in [-0.1, -0.05) is 18.2 Å². The summed E-state index contributed by atoms with van der Waals surface area (Å²) < 4.78 is 61.6. The van der Waals surface area contributed by atoms with Gasteiger partial charge in [0.2, 0.25) is 15.9 Å². The zero-order valence-corrected chi connectivity index (χ0v) is 11.3. The fourth-order valence-electron chi connectivity index (χ4n) is 1.72. The highest BCUT2D eigenvalue weighted by Gasteiger charge is 2.39. The van der Waals surface area contributed by atoms with E-state index in [0.717, 1.165) is 0 Å². The molecule has 0 saturated carbocycles. The third-order valence-corrected chi connectivity index (χ3v) is 3.99. The highest BCUT2D eigenvalue weighted by molar-refractivity contribution is 7.89. The molecule has 0 aromatic heterocycles. The molecule has 1 aliphatic heterocycles. The molecule has 0 unspecified atom stereocenters. The molecular weight excluding hydrogens is 309 g/mol. The number of carbonyl (C=O) groups excluding carboxylic acids is 1. The normalized spacial score (nSPS) is 20.9. The average Bonchev–Trinajstić information content (AvgIpc) is 2.39. The van der Waals surface area contributed by atoms with Gasteiger partial charge >= 0.3 is 6.18 Å². The van der Waals surface area contributed by atoms with Gasteiger partial charge < -0.3 is 4.90 Å². The van der Waals surface area contributed by atoms with Crippen LogP contribution in [0.4, 0.5) is 13.2 Å². The van der Waals surface area contributed by atoms with E-state index in [9.17, 15) is 26.4 Å². The van der Waals surface area contributed by atoms with Gasteiger partial charge in [0.1, 0.15) is 6.54 Å². The Bertz CT molecular complexity index is 478. The topological polar surface area (TPSA) is 66.5 Å². The van der Waals surface area contributed by atoms with Gasteiger partial charge in [-0.15, -0.1) is 0 Å². The van der Waals surface area contributed by atoms with Crippen LogP contribution in [0.15, 0.2) is 11.6 Å². The monoisotopic (exact) mass is 320 g/mol. The molecule has 1 aliphatic rings. The van der Waals surface area contributed by atoms with Crippen molar-refractivity contribution in [2.24, 2.45) is 0 Å². The summed E-state index contributed by atoms with van der Waals surface area (Å²) in [5, 5.41) is -0.121. The van der Waals surface area contributed by atoms with Crippen molar-refractivity contribution in [1.29, 1.82) is 0 Å². The lowest BCUT2D eigenvalue weighted by Gasteiger charge is -2.18. The van der Waals surface area contributed by atoms with Crippen LogP contribution in [0.5, 0.6) is 0 Å².